The summed E-state index contributed by atoms with van der Waals surface area (Å²) in [6.45, 7) is 0. The minimum Gasteiger partial charge on any atom is -0.478 e. The highest BCUT2D eigenvalue weighted by atomic mass is 35.5. The van der Waals surface area contributed by atoms with Gasteiger partial charge >= 0.3 is 5.97 Å². The third-order valence-corrected chi connectivity index (χ3v) is 1.36. The Hall–Kier alpha value is -1.42. The number of nitrogens with zero attached hydrogens (tertiary/aromatic N) is 2. The van der Waals surface area contributed by atoms with Crippen LogP contribution in [0.2, 0.25) is 0 Å². The molecule has 0 radical (unpaired) electrons. The van der Waals surface area contributed by atoms with Crippen molar-refractivity contribution in [1.82, 2.24) is 0 Å². The molecule has 0 saturated heterocycles. The van der Waals surface area contributed by atoms with Crippen molar-refractivity contribution in [1.29, 1.82) is 0 Å². The van der Waals surface area contributed by atoms with E-state index in [0.29, 0.717) is 0 Å². The molecule has 0 atom stereocenters. The van der Waals surface area contributed by atoms with E-state index in [1.54, 1.807) is 12.1 Å². The fourth-order valence-electron chi connectivity index (χ4n) is 0.782. The zero-order valence-electron chi connectivity index (χ0n) is 5.94. The molecule has 0 amide bonds. The molecule has 0 unspecified atom stereocenters. The Labute approximate surface area is 73.6 Å². The van der Waals surface area contributed by atoms with Gasteiger partial charge in [-0.05, 0) is 12.1 Å². The Morgan fingerprint density at radius 3 is 2.67 bits per heavy atom. The average Bonchev–Trinajstić information content (AvgIpc) is 2.05. The molecule has 0 bridgehead atoms. The molecule has 1 rings (SSSR count). The van der Waals surface area contributed by atoms with Gasteiger partial charge in [0.1, 0.15) is 5.69 Å². The number of hydrogen-bond acceptors (Lipinski definition) is 3. The lowest BCUT2D eigenvalue weighted by Crippen LogP contribution is -1.95. The van der Waals surface area contributed by atoms with Crippen LogP contribution in [-0.2, 0) is 0 Å². The van der Waals surface area contributed by atoms with E-state index in [9.17, 15) is 4.79 Å². The van der Waals surface area contributed by atoms with E-state index in [1.807, 2.05) is 0 Å². The topological polar surface area (TPSA) is 62.0 Å². The van der Waals surface area contributed by atoms with Crippen LogP contribution in [0.3, 0.4) is 0 Å². The van der Waals surface area contributed by atoms with Crippen LogP contribution >= 0.6 is 11.8 Å². The fraction of sp³-hybridized carbons (Fsp3) is 0. The van der Waals surface area contributed by atoms with E-state index < -0.39 is 5.97 Å². The third kappa shape index (κ3) is 1.79. The van der Waals surface area contributed by atoms with Gasteiger partial charge in [0.15, 0.2) is 0 Å². The summed E-state index contributed by atoms with van der Waals surface area (Å²) in [6.07, 6.45) is 0. The van der Waals surface area contributed by atoms with Crippen LogP contribution in [0, 0.1) is 0 Å². The van der Waals surface area contributed by atoms with Gasteiger partial charge < -0.3 is 5.11 Å². The molecule has 5 heteroatoms. The minimum atomic E-state index is -1.05. The Bertz CT molecular complexity index is 325. The summed E-state index contributed by atoms with van der Waals surface area (Å²) >= 11 is 4.98. The van der Waals surface area contributed by atoms with Crippen molar-refractivity contribution in [3.05, 3.63) is 29.8 Å². The number of hydrogen-bond donors (Lipinski definition) is 1. The van der Waals surface area contributed by atoms with Crippen molar-refractivity contribution in [3.63, 3.8) is 0 Å². The maximum Gasteiger partial charge on any atom is 0.337 e. The first-order valence-electron chi connectivity index (χ1n) is 3.10. The van der Waals surface area contributed by atoms with Crippen molar-refractivity contribution in [2.24, 2.45) is 9.75 Å². The molecule has 0 aromatic heterocycles. The van der Waals surface area contributed by atoms with Crippen LogP contribution in [0.15, 0.2) is 34.0 Å². The Morgan fingerprint density at radius 1 is 1.42 bits per heavy atom. The van der Waals surface area contributed by atoms with E-state index in [0.717, 1.165) is 0 Å². The summed E-state index contributed by atoms with van der Waals surface area (Å²) in [5.74, 6) is -1.05. The molecule has 0 aliphatic heterocycles. The van der Waals surface area contributed by atoms with E-state index in [-0.39, 0.29) is 11.3 Å². The number of carboxylic acid groups (broad SMARTS) is 1. The van der Waals surface area contributed by atoms with Crippen LogP contribution in [0.1, 0.15) is 10.4 Å². The molecule has 62 valence electrons. The smallest absolute Gasteiger partial charge is 0.337 e. The summed E-state index contributed by atoms with van der Waals surface area (Å²) < 4.78 is 2.98. The largest absolute Gasteiger partial charge is 0.478 e. The van der Waals surface area contributed by atoms with E-state index >= 15 is 0 Å². The fourth-order valence-corrected chi connectivity index (χ4v) is 0.864. The second-order valence-electron chi connectivity index (χ2n) is 2.00. The Morgan fingerprint density at radius 2 is 2.08 bits per heavy atom. The molecule has 4 nitrogen and oxygen atoms in total. The second kappa shape index (κ2) is 3.82. The summed E-state index contributed by atoms with van der Waals surface area (Å²) in [7, 11) is 0. The maximum atomic E-state index is 10.6. The van der Waals surface area contributed by atoms with Crippen LogP contribution in [-0.4, -0.2) is 11.1 Å². The standard InChI is InChI=1S/C7H5ClN2O2/c8-10-9-6-4-2-1-3-5(6)7(11)12/h1-4H,(H,11,12)/b10-9-. The van der Waals surface area contributed by atoms with Crippen molar-refractivity contribution in [2.45, 2.75) is 0 Å². The molecule has 1 aromatic rings. The van der Waals surface area contributed by atoms with Gasteiger partial charge in [0.2, 0.25) is 0 Å². The van der Waals surface area contributed by atoms with Gasteiger partial charge in [0.05, 0.1) is 17.3 Å². The third-order valence-electron chi connectivity index (χ3n) is 1.28. The molecule has 0 spiro atoms. The van der Waals surface area contributed by atoms with Crippen molar-refractivity contribution >= 4 is 23.4 Å². The molecule has 0 saturated carbocycles. The normalized spacial score (nSPS) is 10.4. The molecule has 0 heterocycles. The molecular formula is C7H5ClN2O2. The van der Waals surface area contributed by atoms with E-state index in [1.165, 1.54) is 12.1 Å². The zero-order chi connectivity index (χ0) is 8.97. The monoisotopic (exact) mass is 184 g/mol. The highest BCUT2D eigenvalue weighted by molar-refractivity contribution is 6.14. The predicted molar refractivity (Wildman–Crippen MR) is 43.8 cm³/mol. The molecule has 1 N–H and O–H groups in total. The van der Waals surface area contributed by atoms with Crippen LogP contribution < -0.4 is 0 Å². The van der Waals surface area contributed by atoms with Crippen LogP contribution in [0.5, 0.6) is 0 Å². The second-order valence-corrected chi connectivity index (χ2v) is 2.15. The number of aromatic carboxylic acids is 1. The van der Waals surface area contributed by atoms with Gasteiger partial charge in [-0.3, -0.25) is 0 Å². The van der Waals surface area contributed by atoms with Crippen LogP contribution in [0.25, 0.3) is 0 Å². The lowest BCUT2D eigenvalue weighted by atomic mass is 10.2. The minimum absolute atomic E-state index is 0.0851. The Balaban J connectivity index is 3.17. The Kier molecular flexibility index (Phi) is 2.76. The molecule has 12 heavy (non-hydrogen) atoms. The highest BCUT2D eigenvalue weighted by Crippen LogP contribution is 2.18. The van der Waals surface area contributed by atoms with Crippen molar-refractivity contribution in [3.8, 4) is 0 Å². The first-order valence-corrected chi connectivity index (χ1v) is 3.44. The first-order chi connectivity index (χ1) is 5.75. The van der Waals surface area contributed by atoms with Gasteiger partial charge in [0.25, 0.3) is 0 Å². The number of carboxylic acids is 1. The molecule has 0 aliphatic rings. The summed E-state index contributed by atoms with van der Waals surface area (Å²) in [5.41, 5.74) is 0.335. The summed E-state index contributed by atoms with van der Waals surface area (Å²) in [5, 5.41) is 12.1. The summed E-state index contributed by atoms with van der Waals surface area (Å²) in [4.78, 5) is 10.6. The number of carbonyl (C=O) groups is 1. The maximum absolute atomic E-state index is 10.6. The van der Waals surface area contributed by atoms with Crippen molar-refractivity contribution in [2.75, 3.05) is 0 Å². The highest BCUT2D eigenvalue weighted by Gasteiger charge is 2.07. The lowest BCUT2D eigenvalue weighted by molar-refractivity contribution is 0.0698. The van der Waals surface area contributed by atoms with E-state index in [4.69, 9.17) is 16.9 Å². The molecular weight excluding hydrogens is 180 g/mol. The number of halogens is 1. The average molecular weight is 185 g/mol. The van der Waals surface area contributed by atoms with Gasteiger partial charge in [-0.25, -0.2) is 4.79 Å². The predicted octanol–water partition coefficient (Wildman–Crippen LogP) is 2.62. The molecule has 0 aliphatic carbocycles. The molecule has 0 fully saturated rings. The van der Waals surface area contributed by atoms with Gasteiger partial charge in [0, 0.05) is 0 Å². The summed E-state index contributed by atoms with van der Waals surface area (Å²) in [6, 6.07) is 6.22. The quantitative estimate of drug-likeness (QED) is 0.719. The van der Waals surface area contributed by atoms with E-state index in [2.05, 4.69) is 9.75 Å². The SMILES string of the molecule is O=C(O)c1ccccc1/N=N\Cl. The molecule has 1 aromatic carbocycles. The van der Waals surface area contributed by atoms with Gasteiger partial charge in [-0.2, -0.15) is 0 Å². The van der Waals surface area contributed by atoms with Gasteiger partial charge in [-0.15, -0.1) is 5.11 Å². The van der Waals surface area contributed by atoms with Gasteiger partial charge in [-0.1, -0.05) is 16.8 Å². The lowest BCUT2D eigenvalue weighted by Gasteiger charge is -1.96. The van der Waals surface area contributed by atoms with Crippen molar-refractivity contribution < 1.29 is 9.90 Å². The zero-order valence-corrected chi connectivity index (χ0v) is 6.69. The van der Waals surface area contributed by atoms with Crippen LogP contribution in [0.4, 0.5) is 5.69 Å². The first kappa shape index (κ1) is 8.67. The number of benzene rings is 1. The number of rotatable bonds is 2.